The van der Waals surface area contributed by atoms with Crippen LogP contribution in [0.1, 0.15) is 39.0 Å². The van der Waals surface area contributed by atoms with Gasteiger partial charge in [-0.15, -0.1) is 24.0 Å². The van der Waals surface area contributed by atoms with E-state index in [4.69, 9.17) is 4.74 Å². The van der Waals surface area contributed by atoms with Gasteiger partial charge in [0, 0.05) is 26.7 Å². The van der Waals surface area contributed by atoms with E-state index in [-0.39, 0.29) is 35.9 Å². The van der Waals surface area contributed by atoms with Crippen molar-refractivity contribution in [1.29, 1.82) is 0 Å². The van der Waals surface area contributed by atoms with Crippen LogP contribution in [0.4, 0.5) is 0 Å². The molecule has 3 rings (SSSR count). The Bertz CT molecular complexity index is 461. The van der Waals surface area contributed by atoms with Gasteiger partial charge in [-0.25, -0.2) is 0 Å². The van der Waals surface area contributed by atoms with Crippen molar-refractivity contribution in [3.63, 3.8) is 0 Å². The number of ether oxygens (including phenoxy) is 1. The summed E-state index contributed by atoms with van der Waals surface area (Å²) in [6.45, 7) is 4.74. The highest BCUT2D eigenvalue weighted by molar-refractivity contribution is 14.0. The van der Waals surface area contributed by atoms with Crippen molar-refractivity contribution in [2.75, 3.05) is 33.8 Å². The summed E-state index contributed by atoms with van der Waals surface area (Å²) in [4.78, 5) is 18.5. The van der Waals surface area contributed by atoms with Crippen molar-refractivity contribution < 1.29 is 9.53 Å². The van der Waals surface area contributed by atoms with Gasteiger partial charge in [0.05, 0.1) is 13.0 Å². The Morgan fingerprint density at radius 1 is 1.35 bits per heavy atom. The number of carbonyl (C=O) groups excluding carboxylic acids is 1. The van der Waals surface area contributed by atoms with Gasteiger partial charge in [0.15, 0.2) is 5.96 Å². The number of methoxy groups -OCH3 is 1. The summed E-state index contributed by atoms with van der Waals surface area (Å²) < 4.78 is 4.92. The van der Waals surface area contributed by atoms with Crippen LogP contribution < -0.4 is 5.32 Å². The fourth-order valence-corrected chi connectivity index (χ4v) is 4.24. The lowest BCUT2D eigenvalue weighted by molar-refractivity contribution is -0.145. The van der Waals surface area contributed by atoms with E-state index in [1.54, 1.807) is 0 Å². The van der Waals surface area contributed by atoms with Gasteiger partial charge >= 0.3 is 5.97 Å². The molecule has 0 spiro atoms. The normalized spacial score (nSPS) is 29.5. The van der Waals surface area contributed by atoms with Crippen LogP contribution >= 0.6 is 24.0 Å². The number of halogens is 1. The molecule has 6 heteroatoms. The number of hydrogen-bond acceptors (Lipinski definition) is 3. The van der Waals surface area contributed by atoms with Gasteiger partial charge in [-0.05, 0) is 42.9 Å². The molecule has 0 radical (unpaired) electrons. The highest BCUT2D eigenvalue weighted by Gasteiger charge is 2.49. The van der Waals surface area contributed by atoms with E-state index < -0.39 is 0 Å². The summed E-state index contributed by atoms with van der Waals surface area (Å²) in [5.41, 5.74) is 0.531. The van der Waals surface area contributed by atoms with Crippen LogP contribution in [0.2, 0.25) is 0 Å². The fraction of sp³-hybridized carbons (Fsp3) is 0.882. The third-order valence-electron chi connectivity index (χ3n) is 6.02. The molecular weight excluding hydrogens is 405 g/mol. The maximum atomic E-state index is 11.8. The van der Waals surface area contributed by atoms with Crippen LogP contribution in [0.3, 0.4) is 0 Å². The third kappa shape index (κ3) is 3.77. The molecule has 2 atom stereocenters. The zero-order valence-corrected chi connectivity index (χ0v) is 16.8. The van der Waals surface area contributed by atoms with E-state index in [1.807, 2.05) is 7.05 Å². The molecule has 0 aromatic carbocycles. The molecule has 1 N–H and O–H groups in total. The van der Waals surface area contributed by atoms with Crippen molar-refractivity contribution in [1.82, 2.24) is 10.2 Å². The van der Waals surface area contributed by atoms with E-state index in [9.17, 15) is 4.79 Å². The van der Waals surface area contributed by atoms with Gasteiger partial charge in [0.25, 0.3) is 0 Å². The SMILES string of the molecule is CN=C(NCC1(C2CC2)CCC1)N1CC(C)C(C(=O)OC)C1.I. The molecule has 3 aliphatic rings. The van der Waals surface area contributed by atoms with Gasteiger partial charge in [-0.2, -0.15) is 0 Å². The van der Waals surface area contributed by atoms with Crippen molar-refractivity contribution in [2.24, 2.45) is 28.2 Å². The Labute approximate surface area is 156 Å². The average Bonchev–Trinajstić information content (AvgIpc) is 3.24. The number of aliphatic imine (C=N–C) groups is 1. The predicted octanol–water partition coefficient (Wildman–Crippen LogP) is 2.50. The van der Waals surface area contributed by atoms with Crippen LogP contribution in [0, 0.1) is 23.2 Å². The Morgan fingerprint density at radius 2 is 2.04 bits per heavy atom. The first-order valence-corrected chi connectivity index (χ1v) is 8.63. The molecule has 0 aromatic heterocycles. The first-order chi connectivity index (χ1) is 10.6. The first kappa shape index (κ1) is 18.8. The summed E-state index contributed by atoms with van der Waals surface area (Å²) >= 11 is 0. The molecule has 5 nitrogen and oxygen atoms in total. The molecule has 0 aromatic rings. The second-order valence-corrected chi connectivity index (χ2v) is 7.40. The lowest BCUT2D eigenvalue weighted by atomic mass is 9.65. The van der Waals surface area contributed by atoms with Crippen LogP contribution in [0.25, 0.3) is 0 Å². The molecule has 23 heavy (non-hydrogen) atoms. The molecule has 1 heterocycles. The quantitative estimate of drug-likeness (QED) is 0.319. The number of nitrogens with one attached hydrogen (secondary N) is 1. The fourth-order valence-electron chi connectivity index (χ4n) is 4.24. The summed E-state index contributed by atoms with van der Waals surface area (Å²) in [7, 11) is 3.31. The minimum Gasteiger partial charge on any atom is -0.469 e. The van der Waals surface area contributed by atoms with Gasteiger partial charge in [-0.3, -0.25) is 9.79 Å². The van der Waals surface area contributed by atoms with Crippen LogP contribution in [0.15, 0.2) is 4.99 Å². The summed E-state index contributed by atoms with van der Waals surface area (Å²) in [5, 5.41) is 3.60. The standard InChI is InChI=1S/C17H29N3O2.HI/c1-12-9-20(10-14(12)15(21)22-3)16(18-2)19-11-17(7-4-8-17)13-5-6-13;/h12-14H,4-11H2,1-3H3,(H,18,19);1H. The van der Waals surface area contributed by atoms with Crippen LogP contribution in [-0.2, 0) is 9.53 Å². The van der Waals surface area contributed by atoms with E-state index in [2.05, 4.69) is 22.1 Å². The smallest absolute Gasteiger partial charge is 0.310 e. The minimum absolute atomic E-state index is 0. The molecule has 132 valence electrons. The van der Waals surface area contributed by atoms with Crippen molar-refractivity contribution in [2.45, 2.75) is 39.0 Å². The second-order valence-electron chi connectivity index (χ2n) is 7.40. The van der Waals surface area contributed by atoms with E-state index in [0.29, 0.717) is 17.9 Å². The lowest BCUT2D eigenvalue weighted by Crippen LogP contribution is -2.48. The number of guanidine groups is 1. The Balaban J connectivity index is 0.00000192. The summed E-state index contributed by atoms with van der Waals surface area (Å²) in [6, 6.07) is 0. The zero-order chi connectivity index (χ0) is 15.7. The molecular formula is C17H30IN3O2. The molecule has 0 amide bonds. The number of esters is 1. The van der Waals surface area contributed by atoms with Crippen molar-refractivity contribution in [3.05, 3.63) is 0 Å². The minimum atomic E-state index is -0.0982. The first-order valence-electron chi connectivity index (χ1n) is 8.63. The number of carbonyl (C=O) groups is 1. The molecule has 1 saturated heterocycles. The third-order valence-corrected chi connectivity index (χ3v) is 6.02. The highest BCUT2D eigenvalue weighted by Crippen LogP contribution is 2.56. The van der Waals surface area contributed by atoms with E-state index in [1.165, 1.54) is 39.2 Å². The highest BCUT2D eigenvalue weighted by atomic mass is 127. The number of rotatable bonds is 4. The summed E-state index contributed by atoms with van der Waals surface area (Å²) in [6.07, 6.45) is 6.92. The average molecular weight is 435 g/mol. The van der Waals surface area contributed by atoms with Gasteiger partial charge < -0.3 is 15.0 Å². The molecule has 2 unspecified atom stereocenters. The maximum Gasteiger partial charge on any atom is 0.310 e. The van der Waals surface area contributed by atoms with Crippen molar-refractivity contribution >= 4 is 35.9 Å². The van der Waals surface area contributed by atoms with Gasteiger partial charge in [0.2, 0.25) is 0 Å². The number of likely N-dealkylation sites (tertiary alicyclic amines) is 1. The van der Waals surface area contributed by atoms with E-state index >= 15 is 0 Å². The second kappa shape index (κ2) is 7.57. The zero-order valence-electron chi connectivity index (χ0n) is 14.5. The predicted molar refractivity (Wildman–Crippen MR) is 102 cm³/mol. The summed E-state index contributed by atoms with van der Waals surface area (Å²) in [5.74, 6) is 2.06. The van der Waals surface area contributed by atoms with Gasteiger partial charge in [-0.1, -0.05) is 13.3 Å². The maximum absolute atomic E-state index is 11.8. The molecule has 2 aliphatic carbocycles. The van der Waals surface area contributed by atoms with Crippen molar-refractivity contribution in [3.8, 4) is 0 Å². The molecule has 0 bridgehead atoms. The number of hydrogen-bond donors (Lipinski definition) is 1. The Morgan fingerprint density at radius 3 is 2.52 bits per heavy atom. The monoisotopic (exact) mass is 435 g/mol. The van der Waals surface area contributed by atoms with Crippen LogP contribution in [-0.4, -0.2) is 50.6 Å². The molecule has 2 saturated carbocycles. The Hall–Kier alpha value is -0.530. The Kier molecular flexibility index (Phi) is 6.19. The lowest BCUT2D eigenvalue weighted by Gasteiger charge is -2.43. The molecule has 3 fully saturated rings. The number of nitrogens with zero attached hydrogens (tertiary/aromatic N) is 2. The van der Waals surface area contributed by atoms with Gasteiger partial charge in [0.1, 0.15) is 0 Å². The van der Waals surface area contributed by atoms with Crippen LogP contribution in [0.5, 0.6) is 0 Å². The largest absolute Gasteiger partial charge is 0.469 e. The van der Waals surface area contributed by atoms with E-state index in [0.717, 1.165) is 25.0 Å². The molecule has 1 aliphatic heterocycles. The topological polar surface area (TPSA) is 53.9 Å².